The largest absolute Gasteiger partial charge is 0.332 e. The zero-order valence-electron chi connectivity index (χ0n) is 17.9. The molecule has 0 unspecified atom stereocenters. The number of nitrogens with zero attached hydrogens (tertiary/aromatic N) is 3. The Morgan fingerprint density at radius 1 is 1.12 bits per heavy atom. The predicted molar refractivity (Wildman–Crippen MR) is 120 cm³/mol. The van der Waals surface area contributed by atoms with Gasteiger partial charge in [0.05, 0.1) is 17.3 Å². The summed E-state index contributed by atoms with van der Waals surface area (Å²) >= 11 is 0. The summed E-state index contributed by atoms with van der Waals surface area (Å²) in [6.45, 7) is 2.44. The minimum Gasteiger partial charge on any atom is -0.332 e. The molecule has 1 atom stereocenters. The highest BCUT2D eigenvalue weighted by molar-refractivity contribution is 6.04. The van der Waals surface area contributed by atoms with Gasteiger partial charge in [-0.2, -0.15) is 0 Å². The molecule has 1 aromatic heterocycles. The Hall–Kier alpha value is -3.61. The van der Waals surface area contributed by atoms with Gasteiger partial charge in [-0.3, -0.25) is 9.59 Å². The summed E-state index contributed by atoms with van der Waals surface area (Å²) in [5.74, 6) is 0.0439. The lowest BCUT2D eigenvalue weighted by Gasteiger charge is -2.24. The number of carbonyl (C=O) groups is 2. The summed E-state index contributed by atoms with van der Waals surface area (Å²) in [6, 6.07) is 15.2. The van der Waals surface area contributed by atoms with E-state index in [-0.39, 0.29) is 23.7 Å². The molecule has 0 aliphatic carbocycles. The predicted octanol–water partition coefficient (Wildman–Crippen LogP) is 4.47. The van der Waals surface area contributed by atoms with Crippen molar-refractivity contribution in [2.45, 2.75) is 38.6 Å². The average Bonchev–Trinajstić information content (AvgIpc) is 3.29. The van der Waals surface area contributed by atoms with Gasteiger partial charge in [0.2, 0.25) is 5.91 Å². The fraction of sp³-hybridized carbons (Fsp3) is 0.280. The highest BCUT2D eigenvalue weighted by Gasteiger charge is 2.32. The molecule has 2 heterocycles. The molecule has 1 fully saturated rings. The molecule has 6 nitrogen and oxygen atoms in total. The van der Waals surface area contributed by atoms with Gasteiger partial charge in [-0.25, -0.2) is 14.4 Å². The second-order valence-corrected chi connectivity index (χ2v) is 7.92. The van der Waals surface area contributed by atoms with Crippen molar-refractivity contribution in [1.29, 1.82) is 0 Å². The molecule has 3 aromatic rings. The van der Waals surface area contributed by atoms with E-state index < -0.39 is 0 Å². The van der Waals surface area contributed by atoms with Crippen LogP contribution in [0.25, 0.3) is 0 Å². The quantitative estimate of drug-likeness (QED) is 0.624. The van der Waals surface area contributed by atoms with Crippen LogP contribution in [-0.2, 0) is 11.2 Å². The average molecular weight is 432 g/mol. The van der Waals surface area contributed by atoms with Crippen molar-refractivity contribution in [1.82, 2.24) is 14.9 Å². The second kappa shape index (κ2) is 9.68. The first-order valence-electron chi connectivity index (χ1n) is 10.7. The van der Waals surface area contributed by atoms with E-state index in [0.29, 0.717) is 42.2 Å². The molecule has 1 aliphatic rings. The Morgan fingerprint density at radius 3 is 2.59 bits per heavy atom. The number of likely N-dealkylation sites (tertiary alicyclic amines) is 1. The third-order valence-electron chi connectivity index (χ3n) is 5.69. The minimum atomic E-state index is -0.284. The van der Waals surface area contributed by atoms with Crippen molar-refractivity contribution in [2.75, 3.05) is 11.9 Å². The van der Waals surface area contributed by atoms with Gasteiger partial charge in [0.25, 0.3) is 5.91 Å². The fourth-order valence-electron chi connectivity index (χ4n) is 3.97. The highest BCUT2D eigenvalue weighted by atomic mass is 19.1. The number of nitrogens with one attached hydrogen (secondary N) is 1. The topological polar surface area (TPSA) is 75.2 Å². The normalized spacial score (nSPS) is 15.6. The smallest absolute Gasteiger partial charge is 0.259 e. The molecule has 0 radical (unpaired) electrons. The zero-order valence-corrected chi connectivity index (χ0v) is 17.9. The standard InChI is InChI=1S/C25H25FN4O2/c1-17-21(25(32)29-20-6-3-2-4-7-20)16-27-24(28-17)22-8-5-15-30(22)23(31)14-11-18-9-12-19(26)13-10-18/h2-4,6-7,9-10,12-13,16,22H,5,8,11,14-15H2,1H3,(H,29,32)/t22-/m1/s1. The number of amides is 2. The first-order valence-corrected chi connectivity index (χ1v) is 10.7. The number of rotatable bonds is 6. The van der Waals surface area contributed by atoms with Gasteiger partial charge in [0.1, 0.15) is 5.82 Å². The molecular weight excluding hydrogens is 407 g/mol. The summed E-state index contributed by atoms with van der Waals surface area (Å²) in [4.78, 5) is 36.3. The molecular formula is C25H25FN4O2. The Morgan fingerprint density at radius 2 is 1.88 bits per heavy atom. The SMILES string of the molecule is Cc1nc([C@H]2CCCN2C(=O)CCc2ccc(F)cc2)ncc1C(=O)Nc1ccccc1. The van der Waals surface area contributed by atoms with E-state index in [1.165, 1.54) is 18.3 Å². The van der Waals surface area contributed by atoms with Gasteiger partial charge < -0.3 is 10.2 Å². The number of carbonyl (C=O) groups excluding carboxylic acids is 2. The van der Waals surface area contributed by atoms with E-state index in [9.17, 15) is 14.0 Å². The number of anilines is 1. The lowest BCUT2D eigenvalue weighted by atomic mass is 10.1. The van der Waals surface area contributed by atoms with Crippen LogP contribution in [0.1, 0.15) is 52.7 Å². The molecule has 0 saturated carbocycles. The molecule has 2 amide bonds. The first-order chi connectivity index (χ1) is 15.5. The van der Waals surface area contributed by atoms with Crippen molar-refractivity contribution < 1.29 is 14.0 Å². The summed E-state index contributed by atoms with van der Waals surface area (Å²) < 4.78 is 13.1. The van der Waals surface area contributed by atoms with Crippen molar-refractivity contribution in [3.63, 3.8) is 0 Å². The number of hydrogen-bond donors (Lipinski definition) is 1. The molecule has 0 spiro atoms. The summed E-state index contributed by atoms with van der Waals surface area (Å²) in [5.41, 5.74) is 2.62. The van der Waals surface area contributed by atoms with Crippen LogP contribution in [0.15, 0.2) is 60.8 Å². The molecule has 0 bridgehead atoms. The van der Waals surface area contributed by atoms with Crippen LogP contribution < -0.4 is 5.32 Å². The zero-order chi connectivity index (χ0) is 22.5. The summed E-state index contributed by atoms with van der Waals surface area (Å²) in [7, 11) is 0. The van der Waals surface area contributed by atoms with Crippen LogP contribution in [0.3, 0.4) is 0 Å². The lowest BCUT2D eigenvalue weighted by molar-refractivity contribution is -0.132. The van der Waals surface area contributed by atoms with E-state index in [2.05, 4.69) is 15.3 Å². The molecule has 4 rings (SSSR count). The number of aromatic nitrogens is 2. The Labute approximate surface area is 186 Å². The Bertz CT molecular complexity index is 1100. The molecule has 7 heteroatoms. The molecule has 164 valence electrons. The number of hydrogen-bond acceptors (Lipinski definition) is 4. The molecule has 1 saturated heterocycles. The van der Waals surface area contributed by atoms with Gasteiger partial charge in [0, 0.05) is 24.8 Å². The monoisotopic (exact) mass is 432 g/mol. The minimum absolute atomic E-state index is 0.0315. The van der Waals surface area contributed by atoms with E-state index in [0.717, 1.165) is 18.4 Å². The summed E-state index contributed by atoms with van der Waals surface area (Å²) in [5, 5.41) is 2.84. The molecule has 1 aliphatic heterocycles. The van der Waals surface area contributed by atoms with E-state index >= 15 is 0 Å². The van der Waals surface area contributed by atoms with Crippen LogP contribution in [0.4, 0.5) is 10.1 Å². The Balaban J connectivity index is 1.42. The maximum Gasteiger partial charge on any atom is 0.259 e. The number of benzene rings is 2. The van der Waals surface area contributed by atoms with Crippen molar-refractivity contribution >= 4 is 17.5 Å². The third kappa shape index (κ3) is 4.99. The fourth-order valence-corrected chi connectivity index (χ4v) is 3.97. The van der Waals surface area contributed by atoms with Crippen LogP contribution in [-0.4, -0.2) is 33.2 Å². The highest BCUT2D eigenvalue weighted by Crippen LogP contribution is 2.31. The maximum absolute atomic E-state index is 13.1. The number of para-hydroxylation sites is 1. The molecule has 32 heavy (non-hydrogen) atoms. The van der Waals surface area contributed by atoms with Crippen molar-refractivity contribution in [3.8, 4) is 0 Å². The first kappa shape index (κ1) is 21.6. The number of halogens is 1. The van der Waals surface area contributed by atoms with Gasteiger partial charge in [-0.1, -0.05) is 30.3 Å². The van der Waals surface area contributed by atoms with Crippen molar-refractivity contribution in [3.05, 3.63) is 89.3 Å². The van der Waals surface area contributed by atoms with Crippen LogP contribution in [0.5, 0.6) is 0 Å². The van der Waals surface area contributed by atoms with E-state index in [1.807, 2.05) is 35.2 Å². The van der Waals surface area contributed by atoms with Gasteiger partial charge in [-0.05, 0) is 56.0 Å². The van der Waals surface area contributed by atoms with Crippen LogP contribution in [0, 0.1) is 12.7 Å². The second-order valence-electron chi connectivity index (χ2n) is 7.92. The van der Waals surface area contributed by atoms with Gasteiger partial charge >= 0.3 is 0 Å². The van der Waals surface area contributed by atoms with Crippen LogP contribution in [0.2, 0.25) is 0 Å². The molecule has 2 aromatic carbocycles. The third-order valence-corrected chi connectivity index (χ3v) is 5.69. The lowest BCUT2D eigenvalue weighted by Crippen LogP contribution is -2.32. The Kier molecular flexibility index (Phi) is 6.54. The van der Waals surface area contributed by atoms with Gasteiger partial charge in [-0.15, -0.1) is 0 Å². The van der Waals surface area contributed by atoms with Gasteiger partial charge in [0.15, 0.2) is 5.82 Å². The number of aryl methyl sites for hydroxylation is 2. The maximum atomic E-state index is 13.1. The van der Waals surface area contributed by atoms with Crippen LogP contribution >= 0.6 is 0 Å². The van der Waals surface area contributed by atoms with E-state index in [1.54, 1.807) is 19.1 Å². The molecule has 1 N–H and O–H groups in total. The van der Waals surface area contributed by atoms with E-state index in [4.69, 9.17) is 0 Å². The van der Waals surface area contributed by atoms with Crippen molar-refractivity contribution in [2.24, 2.45) is 0 Å². The summed E-state index contributed by atoms with van der Waals surface area (Å²) in [6.07, 6.45) is 4.11.